The van der Waals surface area contributed by atoms with Gasteiger partial charge >= 0.3 is 0 Å². The average molecular weight is 401 g/mol. The Labute approximate surface area is 181 Å². The molecule has 4 aliphatic rings. The number of anilines is 2. The summed E-state index contributed by atoms with van der Waals surface area (Å²) in [6.07, 6.45) is 12.8. The number of hydrogen-bond donors (Lipinski definition) is 2. The highest BCUT2D eigenvalue weighted by molar-refractivity contribution is 5.79. The minimum absolute atomic E-state index is 0.677. The van der Waals surface area contributed by atoms with E-state index in [-0.39, 0.29) is 0 Å². The van der Waals surface area contributed by atoms with Crippen molar-refractivity contribution in [3.63, 3.8) is 0 Å². The Morgan fingerprint density at radius 3 is 2.03 bits per heavy atom. The quantitative estimate of drug-likeness (QED) is 0.579. The summed E-state index contributed by atoms with van der Waals surface area (Å²) < 4.78 is 0. The van der Waals surface area contributed by atoms with E-state index in [2.05, 4.69) is 37.8 Å². The number of allylic oxidation sites excluding steroid dienone is 1. The molecule has 30 heavy (non-hydrogen) atoms. The minimum Gasteiger partial charge on any atom is -0.398 e. The summed E-state index contributed by atoms with van der Waals surface area (Å²) >= 11 is 0. The average Bonchev–Trinajstić information content (AvgIpc) is 3.67. The second kappa shape index (κ2) is 7.80. The Morgan fingerprint density at radius 2 is 1.43 bits per heavy atom. The van der Waals surface area contributed by atoms with E-state index in [0.717, 1.165) is 23.7 Å². The van der Waals surface area contributed by atoms with Gasteiger partial charge in [-0.25, -0.2) is 0 Å². The second-order valence-corrected chi connectivity index (χ2v) is 10.0. The lowest BCUT2D eigenvalue weighted by Crippen LogP contribution is -2.04. The van der Waals surface area contributed by atoms with Gasteiger partial charge in [0, 0.05) is 16.9 Å². The standard InChI is InChI=1S/C14H19N.C14H17N/c2*1-9(10-5-6-10)12-8-7-11-3-2-4-13(11)14(12)15/h7-10H,2-6,15H2,1H3;7-8,10H,1-6,15H2/t9-;/m0./s1. The van der Waals surface area contributed by atoms with E-state index in [4.69, 9.17) is 11.5 Å². The Hall–Kier alpha value is -2.22. The largest absolute Gasteiger partial charge is 0.398 e. The first-order valence-electron chi connectivity index (χ1n) is 12.0. The maximum Gasteiger partial charge on any atom is 0.0425 e. The minimum atomic E-state index is 0.677. The molecule has 2 saturated carbocycles. The summed E-state index contributed by atoms with van der Waals surface area (Å²) in [5.74, 6) is 2.30. The predicted molar refractivity (Wildman–Crippen MR) is 129 cm³/mol. The van der Waals surface area contributed by atoms with Crippen molar-refractivity contribution < 1.29 is 0 Å². The van der Waals surface area contributed by atoms with Crippen molar-refractivity contribution in [1.82, 2.24) is 0 Å². The number of fused-ring (bicyclic) bond motifs is 2. The third-order valence-corrected chi connectivity index (χ3v) is 7.92. The van der Waals surface area contributed by atoms with Crippen LogP contribution >= 0.6 is 0 Å². The number of hydrogen-bond acceptors (Lipinski definition) is 2. The highest BCUT2D eigenvalue weighted by atomic mass is 14.6. The molecule has 158 valence electrons. The Bertz CT molecular complexity index is 979. The summed E-state index contributed by atoms with van der Waals surface area (Å²) in [6.45, 7) is 6.53. The van der Waals surface area contributed by atoms with Crippen molar-refractivity contribution in [2.45, 2.75) is 77.0 Å². The third-order valence-electron chi connectivity index (χ3n) is 7.92. The monoisotopic (exact) mass is 400 g/mol. The first kappa shape index (κ1) is 19.7. The van der Waals surface area contributed by atoms with Crippen LogP contribution in [0.4, 0.5) is 11.4 Å². The van der Waals surface area contributed by atoms with Crippen LogP contribution in [-0.4, -0.2) is 0 Å². The van der Waals surface area contributed by atoms with Crippen LogP contribution in [-0.2, 0) is 25.7 Å². The van der Waals surface area contributed by atoms with E-state index < -0.39 is 0 Å². The maximum atomic E-state index is 6.30. The molecule has 0 aromatic heterocycles. The smallest absolute Gasteiger partial charge is 0.0425 e. The van der Waals surface area contributed by atoms with E-state index in [1.807, 2.05) is 0 Å². The topological polar surface area (TPSA) is 52.0 Å². The van der Waals surface area contributed by atoms with Crippen molar-refractivity contribution in [2.75, 3.05) is 11.5 Å². The van der Waals surface area contributed by atoms with Crippen LogP contribution in [0.15, 0.2) is 30.8 Å². The summed E-state index contributed by atoms with van der Waals surface area (Å²) in [6, 6.07) is 9.02. The molecule has 6 rings (SSSR count). The molecule has 4 N–H and O–H groups in total. The van der Waals surface area contributed by atoms with Gasteiger partial charge in [0.15, 0.2) is 0 Å². The molecule has 0 unspecified atom stereocenters. The molecule has 0 heterocycles. The Kier molecular flexibility index (Phi) is 5.13. The fourth-order valence-corrected chi connectivity index (χ4v) is 5.59. The maximum absolute atomic E-state index is 6.30. The molecule has 0 amide bonds. The van der Waals surface area contributed by atoms with Gasteiger partial charge in [0.2, 0.25) is 0 Å². The van der Waals surface area contributed by atoms with Crippen molar-refractivity contribution in [2.24, 2.45) is 11.8 Å². The molecule has 0 bridgehead atoms. The van der Waals surface area contributed by atoms with Gasteiger partial charge in [-0.3, -0.25) is 0 Å². The van der Waals surface area contributed by atoms with Crippen LogP contribution in [0, 0.1) is 11.8 Å². The highest BCUT2D eigenvalue weighted by Crippen LogP contribution is 2.46. The van der Waals surface area contributed by atoms with E-state index in [9.17, 15) is 0 Å². The molecule has 0 aliphatic heterocycles. The molecule has 0 saturated heterocycles. The lowest BCUT2D eigenvalue weighted by molar-refractivity contribution is 0.665. The summed E-state index contributed by atoms with van der Waals surface area (Å²) in [7, 11) is 0. The van der Waals surface area contributed by atoms with E-state index in [1.54, 1.807) is 0 Å². The summed E-state index contributed by atoms with van der Waals surface area (Å²) in [5.41, 5.74) is 24.4. The molecule has 2 aromatic rings. The zero-order valence-electron chi connectivity index (χ0n) is 18.5. The lowest BCUT2D eigenvalue weighted by Gasteiger charge is -2.16. The fourth-order valence-electron chi connectivity index (χ4n) is 5.59. The van der Waals surface area contributed by atoms with Crippen LogP contribution in [0.3, 0.4) is 0 Å². The van der Waals surface area contributed by atoms with Crippen molar-refractivity contribution in [1.29, 1.82) is 0 Å². The molecule has 0 radical (unpaired) electrons. The summed E-state index contributed by atoms with van der Waals surface area (Å²) in [4.78, 5) is 0. The third kappa shape index (κ3) is 3.66. The highest BCUT2D eigenvalue weighted by Gasteiger charge is 2.31. The molecule has 0 spiro atoms. The van der Waals surface area contributed by atoms with E-state index in [0.29, 0.717) is 11.8 Å². The van der Waals surface area contributed by atoms with Gasteiger partial charge in [0.1, 0.15) is 0 Å². The van der Waals surface area contributed by atoms with Crippen LogP contribution in [0.2, 0.25) is 0 Å². The molecule has 1 atom stereocenters. The number of nitrogen functional groups attached to an aromatic ring is 2. The van der Waals surface area contributed by atoms with Crippen molar-refractivity contribution >= 4 is 16.9 Å². The zero-order chi connectivity index (χ0) is 20.8. The van der Waals surface area contributed by atoms with Gasteiger partial charge in [-0.15, -0.1) is 0 Å². The number of benzene rings is 2. The molecule has 2 fully saturated rings. The van der Waals surface area contributed by atoms with Crippen molar-refractivity contribution in [3.05, 3.63) is 64.2 Å². The molecule has 2 nitrogen and oxygen atoms in total. The summed E-state index contributed by atoms with van der Waals surface area (Å²) in [5, 5.41) is 0. The van der Waals surface area contributed by atoms with Gasteiger partial charge < -0.3 is 11.5 Å². The molecule has 2 aromatic carbocycles. The van der Waals surface area contributed by atoms with Crippen LogP contribution < -0.4 is 11.5 Å². The predicted octanol–water partition coefficient (Wildman–Crippen LogP) is 6.45. The number of nitrogens with two attached hydrogens (primary N) is 2. The van der Waals surface area contributed by atoms with Crippen LogP contribution in [0.25, 0.3) is 5.57 Å². The number of aryl methyl sites for hydroxylation is 2. The van der Waals surface area contributed by atoms with Gasteiger partial charge in [0.05, 0.1) is 0 Å². The molecular weight excluding hydrogens is 364 g/mol. The van der Waals surface area contributed by atoms with E-state index in [1.165, 1.54) is 96.7 Å². The molecule has 2 heteroatoms. The fraction of sp³-hybridized carbons (Fsp3) is 0.500. The lowest BCUT2D eigenvalue weighted by atomic mass is 9.91. The normalized spacial score (nSPS) is 20.2. The van der Waals surface area contributed by atoms with Crippen LogP contribution in [0.1, 0.15) is 84.7 Å². The first-order chi connectivity index (χ1) is 14.5. The van der Waals surface area contributed by atoms with Crippen molar-refractivity contribution in [3.8, 4) is 0 Å². The Morgan fingerprint density at radius 1 is 0.833 bits per heavy atom. The van der Waals surface area contributed by atoms with Gasteiger partial charge in [0.25, 0.3) is 0 Å². The second-order valence-electron chi connectivity index (χ2n) is 10.0. The Balaban J connectivity index is 0.000000128. The number of rotatable bonds is 4. The van der Waals surface area contributed by atoms with Gasteiger partial charge in [-0.05, 0) is 115 Å². The van der Waals surface area contributed by atoms with E-state index >= 15 is 0 Å². The SMILES string of the molecule is C=C(c1ccc2c(c1N)CCC2)C1CC1.C[C@H](c1ccc2c(c1N)CCC2)C1CC1. The zero-order valence-corrected chi connectivity index (χ0v) is 18.5. The van der Waals surface area contributed by atoms with Gasteiger partial charge in [-0.1, -0.05) is 37.8 Å². The van der Waals surface area contributed by atoms with Crippen LogP contribution in [0.5, 0.6) is 0 Å². The first-order valence-corrected chi connectivity index (χ1v) is 12.0. The molecular formula is C28H36N2. The molecule has 4 aliphatic carbocycles. The van der Waals surface area contributed by atoms with Gasteiger partial charge in [-0.2, -0.15) is 0 Å².